The molecule has 1 aromatic carbocycles. The minimum Gasteiger partial charge on any atom is -0.494 e. The molecular weight excluding hydrogens is 188 g/mol. The fraction of sp³-hybridized carbons (Fsp3) is 0.500. The lowest BCUT2D eigenvalue weighted by molar-refractivity contribution is 0.317. The van der Waals surface area contributed by atoms with Crippen molar-refractivity contribution < 1.29 is 4.74 Å². The maximum absolute atomic E-state index is 5.54. The van der Waals surface area contributed by atoms with Gasteiger partial charge in [0, 0.05) is 24.3 Å². The fourth-order valence-corrected chi connectivity index (χ4v) is 1.24. The van der Waals surface area contributed by atoms with Gasteiger partial charge in [0.1, 0.15) is 5.75 Å². The number of ether oxygens (including phenoxy) is 1. The van der Waals surface area contributed by atoms with E-state index in [0.717, 1.165) is 24.5 Å². The number of hydrogen-bond donors (Lipinski definition) is 2. The van der Waals surface area contributed by atoms with Crippen molar-refractivity contribution in [1.82, 2.24) is 0 Å². The summed E-state index contributed by atoms with van der Waals surface area (Å²) < 4.78 is 5.54. The van der Waals surface area contributed by atoms with E-state index in [1.807, 2.05) is 24.3 Å². The molecule has 1 unspecified atom stereocenters. The first-order valence-corrected chi connectivity index (χ1v) is 5.45. The van der Waals surface area contributed by atoms with Gasteiger partial charge in [-0.05, 0) is 25.5 Å². The second-order valence-corrected chi connectivity index (χ2v) is 3.66. The van der Waals surface area contributed by atoms with Gasteiger partial charge in [-0.3, -0.25) is 0 Å². The zero-order valence-corrected chi connectivity index (χ0v) is 9.49. The van der Waals surface area contributed by atoms with Crippen LogP contribution >= 0.6 is 0 Å². The molecule has 0 amide bonds. The second kappa shape index (κ2) is 6.30. The van der Waals surface area contributed by atoms with Crippen molar-refractivity contribution in [3.05, 3.63) is 24.3 Å². The summed E-state index contributed by atoms with van der Waals surface area (Å²) in [4.78, 5) is 0. The van der Waals surface area contributed by atoms with E-state index >= 15 is 0 Å². The van der Waals surface area contributed by atoms with Gasteiger partial charge < -0.3 is 15.8 Å². The van der Waals surface area contributed by atoms with Crippen molar-refractivity contribution in [1.29, 1.82) is 0 Å². The summed E-state index contributed by atoms with van der Waals surface area (Å²) in [5.41, 5.74) is 6.60. The van der Waals surface area contributed by atoms with Crippen molar-refractivity contribution in [3.63, 3.8) is 0 Å². The van der Waals surface area contributed by atoms with Crippen LogP contribution in [0.5, 0.6) is 5.75 Å². The van der Waals surface area contributed by atoms with Crippen LogP contribution in [0.4, 0.5) is 5.69 Å². The molecule has 3 nitrogen and oxygen atoms in total. The van der Waals surface area contributed by atoms with E-state index in [4.69, 9.17) is 10.5 Å². The van der Waals surface area contributed by atoms with Crippen molar-refractivity contribution in [2.24, 2.45) is 5.73 Å². The molecule has 0 bridgehead atoms. The average molecular weight is 208 g/mol. The summed E-state index contributed by atoms with van der Waals surface area (Å²) in [5.74, 6) is 0.908. The fourth-order valence-electron chi connectivity index (χ4n) is 1.24. The maximum atomic E-state index is 5.54. The van der Waals surface area contributed by atoms with Gasteiger partial charge in [-0.2, -0.15) is 0 Å². The number of rotatable bonds is 6. The lowest BCUT2D eigenvalue weighted by Gasteiger charge is -2.13. The highest BCUT2D eigenvalue weighted by Gasteiger charge is 2.00. The monoisotopic (exact) mass is 208 g/mol. The Balaban J connectivity index is 2.57. The van der Waals surface area contributed by atoms with E-state index in [0.29, 0.717) is 6.54 Å². The molecule has 3 heteroatoms. The molecule has 15 heavy (non-hydrogen) atoms. The number of benzene rings is 1. The molecule has 1 atom stereocenters. The summed E-state index contributed by atoms with van der Waals surface area (Å²) >= 11 is 0. The Morgan fingerprint density at radius 2 is 2.27 bits per heavy atom. The summed E-state index contributed by atoms with van der Waals surface area (Å²) in [6.45, 7) is 5.54. The van der Waals surface area contributed by atoms with E-state index in [-0.39, 0.29) is 6.04 Å². The molecule has 84 valence electrons. The van der Waals surface area contributed by atoms with Gasteiger partial charge in [0.05, 0.1) is 6.61 Å². The second-order valence-electron chi connectivity index (χ2n) is 3.66. The van der Waals surface area contributed by atoms with E-state index in [9.17, 15) is 0 Å². The van der Waals surface area contributed by atoms with Crippen molar-refractivity contribution >= 4 is 5.69 Å². The Bertz CT molecular complexity index is 289. The Morgan fingerprint density at radius 1 is 1.47 bits per heavy atom. The third kappa shape index (κ3) is 4.21. The molecule has 0 saturated carbocycles. The van der Waals surface area contributed by atoms with Crippen LogP contribution < -0.4 is 15.8 Å². The lowest BCUT2D eigenvalue weighted by atomic mass is 10.2. The number of hydrogen-bond acceptors (Lipinski definition) is 3. The molecule has 0 aliphatic heterocycles. The Hall–Kier alpha value is -1.22. The van der Waals surface area contributed by atoms with Gasteiger partial charge in [0.25, 0.3) is 0 Å². The molecule has 0 aliphatic carbocycles. The predicted octanol–water partition coefficient (Wildman–Crippen LogP) is 2.23. The smallest absolute Gasteiger partial charge is 0.121 e. The molecule has 0 heterocycles. The summed E-state index contributed by atoms with van der Waals surface area (Å²) in [5, 5.41) is 3.30. The van der Waals surface area contributed by atoms with Gasteiger partial charge >= 0.3 is 0 Å². The van der Waals surface area contributed by atoms with Crippen LogP contribution in [0.15, 0.2) is 24.3 Å². The van der Waals surface area contributed by atoms with Crippen LogP contribution in [-0.4, -0.2) is 19.2 Å². The third-order valence-electron chi connectivity index (χ3n) is 2.07. The first kappa shape index (κ1) is 11.9. The number of nitrogens with one attached hydrogen (secondary N) is 1. The van der Waals surface area contributed by atoms with Crippen LogP contribution in [0, 0.1) is 0 Å². The highest BCUT2D eigenvalue weighted by molar-refractivity contribution is 5.48. The van der Waals surface area contributed by atoms with E-state index in [1.165, 1.54) is 0 Å². The molecule has 3 N–H and O–H groups in total. The summed E-state index contributed by atoms with van der Waals surface area (Å²) in [6, 6.07) is 8.25. The lowest BCUT2D eigenvalue weighted by Crippen LogP contribution is -2.25. The molecule has 0 fully saturated rings. The predicted molar refractivity (Wildman–Crippen MR) is 64.4 cm³/mol. The molecule has 1 rings (SSSR count). The zero-order chi connectivity index (χ0) is 11.1. The van der Waals surface area contributed by atoms with Crippen molar-refractivity contribution in [3.8, 4) is 5.75 Å². The van der Waals surface area contributed by atoms with Crippen LogP contribution in [0.1, 0.15) is 20.3 Å². The highest BCUT2D eigenvalue weighted by atomic mass is 16.5. The minimum atomic E-state index is 0.284. The van der Waals surface area contributed by atoms with Crippen LogP contribution in [0.3, 0.4) is 0 Å². The first-order valence-electron chi connectivity index (χ1n) is 5.45. The summed E-state index contributed by atoms with van der Waals surface area (Å²) in [6.07, 6.45) is 1.02. The summed E-state index contributed by atoms with van der Waals surface area (Å²) in [7, 11) is 0. The topological polar surface area (TPSA) is 47.3 Å². The normalized spacial score (nSPS) is 12.2. The average Bonchev–Trinajstić information content (AvgIpc) is 2.26. The molecule has 0 spiro atoms. The van der Waals surface area contributed by atoms with Crippen molar-refractivity contribution in [2.45, 2.75) is 26.3 Å². The van der Waals surface area contributed by atoms with E-state index in [1.54, 1.807) is 0 Å². The number of anilines is 1. The highest BCUT2D eigenvalue weighted by Crippen LogP contribution is 2.17. The quantitative estimate of drug-likeness (QED) is 0.753. The van der Waals surface area contributed by atoms with E-state index < -0.39 is 0 Å². The molecule has 0 aliphatic rings. The molecule has 0 aromatic heterocycles. The molecule has 0 radical (unpaired) electrons. The van der Waals surface area contributed by atoms with E-state index in [2.05, 4.69) is 19.2 Å². The minimum absolute atomic E-state index is 0.284. The van der Waals surface area contributed by atoms with Gasteiger partial charge in [0.2, 0.25) is 0 Å². The third-order valence-corrected chi connectivity index (χ3v) is 2.07. The van der Waals surface area contributed by atoms with Gasteiger partial charge in [-0.1, -0.05) is 13.0 Å². The van der Waals surface area contributed by atoms with Gasteiger partial charge in [-0.15, -0.1) is 0 Å². The molecule has 1 aromatic rings. The maximum Gasteiger partial charge on any atom is 0.121 e. The Labute approximate surface area is 91.6 Å². The standard InChI is InChI=1S/C12H20N2O/c1-3-7-15-12-6-4-5-11(8-12)14-10(2)9-13/h4-6,8,10,14H,3,7,9,13H2,1-2H3. The SMILES string of the molecule is CCCOc1cccc(NC(C)CN)c1. The largest absolute Gasteiger partial charge is 0.494 e. The zero-order valence-electron chi connectivity index (χ0n) is 9.49. The van der Waals surface area contributed by atoms with Crippen LogP contribution in [-0.2, 0) is 0 Å². The Kier molecular flexibility index (Phi) is 4.98. The van der Waals surface area contributed by atoms with Crippen LogP contribution in [0.25, 0.3) is 0 Å². The van der Waals surface area contributed by atoms with Crippen LogP contribution in [0.2, 0.25) is 0 Å². The molecular formula is C12H20N2O. The molecule has 0 saturated heterocycles. The number of nitrogens with two attached hydrogens (primary N) is 1. The van der Waals surface area contributed by atoms with Gasteiger partial charge in [-0.25, -0.2) is 0 Å². The Morgan fingerprint density at radius 3 is 2.93 bits per heavy atom. The van der Waals surface area contributed by atoms with Gasteiger partial charge in [0.15, 0.2) is 0 Å². The first-order chi connectivity index (χ1) is 7.26. The van der Waals surface area contributed by atoms with Crippen molar-refractivity contribution in [2.75, 3.05) is 18.5 Å².